The Balaban J connectivity index is 1.47. The van der Waals surface area contributed by atoms with Gasteiger partial charge in [0, 0.05) is 24.4 Å². The van der Waals surface area contributed by atoms with E-state index in [-0.39, 0.29) is 6.42 Å². The maximum Gasteiger partial charge on any atom is 0.233 e. The molecular formula is C24H23N3O2S. The third-order valence-electron chi connectivity index (χ3n) is 4.52. The summed E-state index contributed by atoms with van der Waals surface area (Å²) in [6.45, 7) is 3.51. The monoisotopic (exact) mass is 417 g/mol. The van der Waals surface area contributed by atoms with Gasteiger partial charge in [0.25, 0.3) is 0 Å². The van der Waals surface area contributed by atoms with E-state index in [4.69, 9.17) is 10.1 Å². The summed E-state index contributed by atoms with van der Waals surface area (Å²) in [5.74, 6) is -0.400. The lowest BCUT2D eigenvalue weighted by Crippen LogP contribution is -2.17. The van der Waals surface area contributed by atoms with Gasteiger partial charge in [0.15, 0.2) is 6.61 Å². The lowest BCUT2D eigenvalue weighted by atomic mass is 10.1. The van der Waals surface area contributed by atoms with Gasteiger partial charge in [-0.1, -0.05) is 59.8 Å². The summed E-state index contributed by atoms with van der Waals surface area (Å²) in [7, 11) is 0. The molecule has 0 unspecified atom stereocenters. The molecule has 2 aromatic carbocycles. The highest BCUT2D eigenvalue weighted by Gasteiger charge is 2.04. The number of oxime groups is 1. The van der Waals surface area contributed by atoms with E-state index in [1.165, 1.54) is 11.1 Å². The van der Waals surface area contributed by atoms with Gasteiger partial charge in [0.05, 0.1) is 5.71 Å². The summed E-state index contributed by atoms with van der Waals surface area (Å²) in [6.07, 6.45) is 0.231. The molecule has 0 aliphatic rings. The lowest BCUT2D eigenvalue weighted by Gasteiger charge is -2.05. The van der Waals surface area contributed by atoms with Crippen LogP contribution in [-0.4, -0.2) is 18.0 Å². The molecule has 1 heterocycles. The van der Waals surface area contributed by atoms with Gasteiger partial charge in [-0.2, -0.15) is 5.26 Å². The topological polar surface area (TPSA) is 74.5 Å². The number of carbonyl (C=O) groups is 1. The number of hydrogen-bond donors (Lipinski definition) is 1. The molecule has 0 amide bonds. The average molecular weight is 418 g/mol. The summed E-state index contributed by atoms with van der Waals surface area (Å²) >= 11 is 1.67. The van der Waals surface area contributed by atoms with E-state index in [9.17, 15) is 4.79 Å². The predicted molar refractivity (Wildman–Crippen MR) is 120 cm³/mol. The zero-order chi connectivity index (χ0) is 21.2. The Morgan fingerprint density at radius 3 is 2.63 bits per heavy atom. The minimum absolute atomic E-state index is 0.231. The van der Waals surface area contributed by atoms with E-state index in [1.54, 1.807) is 17.4 Å². The van der Waals surface area contributed by atoms with Crippen LogP contribution in [0, 0.1) is 11.3 Å². The Morgan fingerprint density at radius 2 is 1.90 bits per heavy atom. The summed E-state index contributed by atoms with van der Waals surface area (Å²) in [5.41, 5.74) is 5.31. The fourth-order valence-corrected chi connectivity index (χ4v) is 3.64. The number of rotatable bonds is 10. The average Bonchev–Trinajstić information content (AvgIpc) is 3.26. The lowest BCUT2D eigenvalue weighted by molar-refractivity contribution is -0.113. The first-order chi connectivity index (χ1) is 14.7. The molecular weight excluding hydrogens is 394 g/mol. The number of Topliss-reactive ketones (excluding diaryl/α,β-unsaturated/α-hetero) is 1. The fourth-order valence-electron chi connectivity index (χ4n) is 2.84. The molecule has 0 aliphatic heterocycles. The predicted octanol–water partition coefficient (Wildman–Crippen LogP) is 4.93. The zero-order valence-corrected chi connectivity index (χ0v) is 17.6. The molecule has 0 saturated carbocycles. The maximum absolute atomic E-state index is 11.0. The van der Waals surface area contributed by atoms with Gasteiger partial charge in [-0.3, -0.25) is 4.79 Å². The van der Waals surface area contributed by atoms with Crippen molar-refractivity contribution >= 4 is 22.8 Å². The Hall–Kier alpha value is -3.27. The van der Waals surface area contributed by atoms with Crippen molar-refractivity contribution in [3.8, 4) is 17.2 Å². The number of nitrogens with zero attached hydrogens (tertiary/aromatic N) is 2. The highest BCUT2D eigenvalue weighted by molar-refractivity contribution is 7.10. The van der Waals surface area contributed by atoms with Crippen LogP contribution in [0.1, 0.15) is 29.3 Å². The van der Waals surface area contributed by atoms with Crippen LogP contribution in [0.4, 0.5) is 0 Å². The molecule has 30 heavy (non-hydrogen) atoms. The Labute approximate surface area is 180 Å². The van der Waals surface area contributed by atoms with E-state index in [1.807, 2.05) is 49.4 Å². The SMILES string of the molecule is C/C(=N\OCc1cc(-c2ccccc2)cs1)c1ccc(CNCCC(=O)C#N)cc1. The van der Waals surface area contributed by atoms with Gasteiger partial charge in [-0.25, -0.2) is 0 Å². The van der Waals surface area contributed by atoms with Crippen LogP contribution < -0.4 is 5.32 Å². The van der Waals surface area contributed by atoms with Crippen molar-refractivity contribution in [3.63, 3.8) is 0 Å². The maximum atomic E-state index is 11.0. The standard InChI is InChI=1S/C24H23N3O2S/c1-18(20-9-7-19(8-10-20)15-26-12-11-23(28)14-25)27-29-16-24-13-22(17-30-24)21-5-3-2-4-6-21/h2-10,13,17,26H,11-12,15-16H2,1H3/b27-18+. The number of hydrogen-bond acceptors (Lipinski definition) is 6. The first-order valence-electron chi connectivity index (χ1n) is 9.68. The summed E-state index contributed by atoms with van der Waals surface area (Å²) in [4.78, 5) is 17.6. The molecule has 1 aromatic heterocycles. The normalized spacial score (nSPS) is 11.1. The molecule has 5 nitrogen and oxygen atoms in total. The van der Waals surface area contributed by atoms with Crippen molar-refractivity contribution in [2.45, 2.75) is 26.5 Å². The zero-order valence-electron chi connectivity index (χ0n) is 16.8. The van der Waals surface area contributed by atoms with Gasteiger partial charge < -0.3 is 10.2 Å². The molecule has 3 aromatic rings. The van der Waals surface area contributed by atoms with Crippen LogP contribution in [0.15, 0.2) is 71.2 Å². The quantitative estimate of drug-likeness (QED) is 0.220. The van der Waals surface area contributed by atoms with Crippen molar-refractivity contribution < 1.29 is 9.63 Å². The third kappa shape index (κ3) is 6.38. The van der Waals surface area contributed by atoms with E-state index in [0.29, 0.717) is 19.7 Å². The van der Waals surface area contributed by atoms with Crippen molar-refractivity contribution in [3.05, 3.63) is 82.0 Å². The molecule has 1 N–H and O–H groups in total. The minimum atomic E-state index is -0.400. The van der Waals surface area contributed by atoms with Gasteiger partial charge in [0.2, 0.25) is 5.78 Å². The smallest absolute Gasteiger partial charge is 0.233 e. The highest BCUT2D eigenvalue weighted by atomic mass is 32.1. The Bertz CT molecular complexity index is 1030. The minimum Gasteiger partial charge on any atom is -0.390 e. The first kappa shape index (κ1) is 21.4. The summed E-state index contributed by atoms with van der Waals surface area (Å²) < 4.78 is 0. The van der Waals surface area contributed by atoms with Crippen LogP contribution in [-0.2, 0) is 22.8 Å². The van der Waals surface area contributed by atoms with Crippen LogP contribution in [0.2, 0.25) is 0 Å². The number of ketones is 1. The Kier molecular flexibility index (Phi) is 7.90. The fraction of sp³-hybridized carbons (Fsp3) is 0.208. The summed E-state index contributed by atoms with van der Waals surface area (Å²) in [5, 5.41) is 18.0. The number of carbonyl (C=O) groups excluding carboxylic acids is 1. The van der Waals surface area contributed by atoms with Crippen molar-refractivity contribution in [1.29, 1.82) is 5.26 Å². The molecule has 0 spiro atoms. The largest absolute Gasteiger partial charge is 0.390 e. The number of nitrogens with one attached hydrogen (secondary N) is 1. The number of thiophene rings is 1. The number of benzene rings is 2. The molecule has 152 valence electrons. The first-order valence-corrected chi connectivity index (χ1v) is 10.6. The molecule has 0 fully saturated rings. The van der Waals surface area contributed by atoms with Gasteiger partial charge in [0.1, 0.15) is 6.07 Å². The molecule has 6 heteroatoms. The third-order valence-corrected chi connectivity index (χ3v) is 5.43. The van der Waals surface area contributed by atoms with Gasteiger partial charge in [-0.05, 0) is 40.6 Å². The van der Waals surface area contributed by atoms with Crippen molar-refractivity contribution in [2.75, 3.05) is 6.54 Å². The molecule has 0 bridgehead atoms. The summed E-state index contributed by atoms with van der Waals surface area (Å²) in [6, 6.07) is 22.1. The number of nitriles is 1. The highest BCUT2D eigenvalue weighted by Crippen LogP contribution is 2.25. The molecule has 0 atom stereocenters. The van der Waals surface area contributed by atoms with E-state index < -0.39 is 5.78 Å². The second kappa shape index (κ2) is 11.1. The van der Waals surface area contributed by atoms with Crippen LogP contribution in [0.5, 0.6) is 0 Å². The molecule has 3 rings (SSSR count). The van der Waals surface area contributed by atoms with E-state index >= 15 is 0 Å². The van der Waals surface area contributed by atoms with Gasteiger partial charge in [-0.15, -0.1) is 11.3 Å². The van der Waals surface area contributed by atoms with E-state index in [0.717, 1.165) is 21.7 Å². The van der Waals surface area contributed by atoms with Crippen LogP contribution in [0.25, 0.3) is 11.1 Å². The Morgan fingerprint density at radius 1 is 1.13 bits per heavy atom. The molecule has 0 radical (unpaired) electrons. The van der Waals surface area contributed by atoms with E-state index in [2.05, 4.69) is 34.1 Å². The molecule has 0 aliphatic carbocycles. The van der Waals surface area contributed by atoms with Crippen LogP contribution >= 0.6 is 11.3 Å². The van der Waals surface area contributed by atoms with Gasteiger partial charge >= 0.3 is 0 Å². The van der Waals surface area contributed by atoms with Crippen molar-refractivity contribution in [1.82, 2.24) is 5.32 Å². The molecule has 0 saturated heterocycles. The van der Waals surface area contributed by atoms with Crippen LogP contribution in [0.3, 0.4) is 0 Å². The van der Waals surface area contributed by atoms with Crippen molar-refractivity contribution in [2.24, 2.45) is 5.16 Å². The second-order valence-electron chi connectivity index (χ2n) is 6.78. The second-order valence-corrected chi connectivity index (χ2v) is 7.77.